The average Bonchev–Trinajstić information content (AvgIpc) is 2.37. The molecule has 3 heterocycles. The Hall–Kier alpha value is -0.960. The predicted molar refractivity (Wildman–Crippen MR) is 76.3 cm³/mol. The van der Waals surface area contributed by atoms with Crippen LogP contribution in [0.2, 0.25) is 5.02 Å². The van der Waals surface area contributed by atoms with Crippen molar-refractivity contribution in [2.75, 3.05) is 24.4 Å². The van der Waals surface area contributed by atoms with Crippen molar-refractivity contribution in [2.45, 2.75) is 36.1 Å². The molecule has 3 rings (SSSR count). The minimum Gasteiger partial charge on any atom is -0.393 e. The minimum atomic E-state index is -3.52. The highest BCUT2D eigenvalue weighted by molar-refractivity contribution is 7.90. The van der Waals surface area contributed by atoms with Crippen LogP contribution in [0.15, 0.2) is 11.2 Å². The van der Waals surface area contributed by atoms with E-state index in [-0.39, 0.29) is 28.2 Å². The predicted octanol–water partition coefficient (Wildman–Crippen LogP) is 0.262. The molecule has 3 atom stereocenters. The summed E-state index contributed by atoms with van der Waals surface area (Å²) in [6.07, 6.45) is 3.10. The minimum absolute atomic E-state index is 0.0136. The van der Waals surface area contributed by atoms with Crippen LogP contribution in [0, 0.1) is 0 Å². The Morgan fingerprint density at radius 3 is 2.57 bits per heavy atom. The lowest BCUT2D eigenvalue weighted by molar-refractivity contribution is 0.000272. The van der Waals surface area contributed by atoms with Gasteiger partial charge in [-0.2, -0.15) is 4.98 Å². The summed E-state index contributed by atoms with van der Waals surface area (Å²) in [4.78, 5) is 10.2. The van der Waals surface area contributed by atoms with Gasteiger partial charge in [-0.1, -0.05) is 11.6 Å². The second-order valence-electron chi connectivity index (χ2n) is 5.47. The molecule has 2 aliphatic heterocycles. The van der Waals surface area contributed by atoms with Crippen molar-refractivity contribution < 1.29 is 18.3 Å². The first kappa shape index (κ1) is 15.0. The van der Waals surface area contributed by atoms with Crippen molar-refractivity contribution in [3.63, 3.8) is 0 Å². The van der Waals surface area contributed by atoms with E-state index in [0.29, 0.717) is 32.0 Å². The largest absolute Gasteiger partial charge is 0.393 e. The molecule has 0 saturated carbocycles. The highest BCUT2D eigenvalue weighted by atomic mass is 35.5. The average molecular weight is 334 g/mol. The number of aliphatic hydroxyl groups excluding tert-OH is 1. The molecule has 2 saturated heterocycles. The Morgan fingerprint density at radius 2 is 2.00 bits per heavy atom. The Balaban J connectivity index is 2.01. The van der Waals surface area contributed by atoms with Gasteiger partial charge in [-0.3, -0.25) is 0 Å². The van der Waals surface area contributed by atoms with Crippen molar-refractivity contribution in [3.8, 4) is 0 Å². The topological polar surface area (TPSA) is 92.6 Å². The zero-order valence-electron chi connectivity index (χ0n) is 11.4. The third-order valence-electron chi connectivity index (χ3n) is 3.78. The maximum atomic E-state index is 11.7. The maximum absolute atomic E-state index is 11.7. The molecule has 1 aromatic rings. The molecule has 1 aromatic heterocycles. The van der Waals surface area contributed by atoms with Crippen LogP contribution < -0.4 is 4.90 Å². The lowest BCUT2D eigenvalue weighted by Crippen LogP contribution is -2.59. The van der Waals surface area contributed by atoms with E-state index in [9.17, 15) is 13.5 Å². The fraction of sp³-hybridized carbons (Fsp3) is 0.667. The van der Waals surface area contributed by atoms with E-state index in [1.807, 2.05) is 4.90 Å². The van der Waals surface area contributed by atoms with Gasteiger partial charge in [0.1, 0.15) is 0 Å². The number of fused-ring (bicyclic) bond motifs is 2. The molecule has 7 nitrogen and oxygen atoms in total. The van der Waals surface area contributed by atoms with Crippen LogP contribution in [-0.2, 0) is 14.6 Å². The Kier molecular flexibility index (Phi) is 3.81. The third-order valence-corrected chi connectivity index (χ3v) is 5.18. The SMILES string of the molecule is CS(=O)(=O)c1nc(N2[C@@H]3COC[C@H]2C[C@@H](O)C3)ncc1Cl. The molecule has 2 aliphatic rings. The van der Waals surface area contributed by atoms with Crippen LogP contribution in [0.4, 0.5) is 5.95 Å². The standard InChI is InChI=1S/C12H16ClN3O4S/c1-21(18,19)11-10(13)4-14-12(15-11)16-7-2-9(17)3-8(16)6-20-5-7/h4,7-9,17H,2-3,5-6H2,1H3/t7-,8+,9-. The van der Waals surface area contributed by atoms with Crippen LogP contribution in [0.1, 0.15) is 12.8 Å². The molecule has 2 bridgehead atoms. The number of aliphatic hydroxyl groups is 1. The zero-order chi connectivity index (χ0) is 15.2. The van der Waals surface area contributed by atoms with Crippen LogP contribution in [0.3, 0.4) is 0 Å². The molecule has 0 aromatic carbocycles. The molecule has 116 valence electrons. The molecular weight excluding hydrogens is 318 g/mol. The number of sulfone groups is 1. The van der Waals surface area contributed by atoms with E-state index in [1.165, 1.54) is 6.20 Å². The molecule has 0 amide bonds. The van der Waals surface area contributed by atoms with E-state index in [0.717, 1.165) is 6.26 Å². The van der Waals surface area contributed by atoms with Gasteiger partial charge in [0.25, 0.3) is 0 Å². The Labute approximate surface area is 127 Å². The highest BCUT2D eigenvalue weighted by Gasteiger charge is 2.40. The summed E-state index contributed by atoms with van der Waals surface area (Å²) in [5.41, 5.74) is 0. The number of morpholine rings is 1. The monoisotopic (exact) mass is 333 g/mol. The van der Waals surface area contributed by atoms with Crippen molar-refractivity contribution in [2.24, 2.45) is 0 Å². The van der Waals surface area contributed by atoms with Crippen molar-refractivity contribution in [1.29, 1.82) is 0 Å². The second kappa shape index (κ2) is 5.35. The summed E-state index contributed by atoms with van der Waals surface area (Å²) < 4.78 is 29.0. The molecular formula is C12H16ClN3O4S. The number of anilines is 1. The summed E-state index contributed by atoms with van der Waals surface area (Å²) in [6.45, 7) is 0.932. The molecule has 0 radical (unpaired) electrons. The van der Waals surface area contributed by atoms with Crippen molar-refractivity contribution in [1.82, 2.24) is 9.97 Å². The third kappa shape index (κ3) is 2.85. The van der Waals surface area contributed by atoms with Crippen molar-refractivity contribution in [3.05, 3.63) is 11.2 Å². The van der Waals surface area contributed by atoms with Gasteiger partial charge in [0.05, 0.1) is 42.6 Å². The maximum Gasteiger partial charge on any atom is 0.227 e. The van der Waals surface area contributed by atoms with Crippen LogP contribution in [0.5, 0.6) is 0 Å². The van der Waals surface area contributed by atoms with Gasteiger partial charge < -0.3 is 14.7 Å². The number of hydrogen-bond acceptors (Lipinski definition) is 7. The normalized spacial score (nSPS) is 29.5. The van der Waals surface area contributed by atoms with Crippen LogP contribution >= 0.6 is 11.6 Å². The number of hydrogen-bond donors (Lipinski definition) is 1. The summed E-state index contributed by atoms with van der Waals surface area (Å²) >= 11 is 5.88. The first-order valence-corrected chi connectivity index (χ1v) is 8.90. The van der Waals surface area contributed by atoms with Gasteiger partial charge in [0.2, 0.25) is 5.95 Å². The Bertz CT molecular complexity index is 640. The van der Waals surface area contributed by atoms with Gasteiger partial charge in [-0.15, -0.1) is 0 Å². The smallest absolute Gasteiger partial charge is 0.227 e. The van der Waals surface area contributed by atoms with Crippen LogP contribution in [0.25, 0.3) is 0 Å². The summed E-state index contributed by atoms with van der Waals surface area (Å²) in [7, 11) is -3.52. The van der Waals surface area contributed by atoms with Crippen LogP contribution in [-0.4, -0.2) is 61.1 Å². The molecule has 0 aliphatic carbocycles. The summed E-state index contributed by atoms with van der Waals surface area (Å²) in [5, 5.41) is 9.71. The quantitative estimate of drug-likeness (QED) is 0.776. The molecule has 21 heavy (non-hydrogen) atoms. The molecule has 0 unspecified atom stereocenters. The molecule has 1 N–H and O–H groups in total. The lowest BCUT2D eigenvalue weighted by Gasteiger charge is -2.47. The second-order valence-corrected chi connectivity index (χ2v) is 7.81. The van der Waals surface area contributed by atoms with Crippen molar-refractivity contribution >= 4 is 27.4 Å². The van der Waals surface area contributed by atoms with Gasteiger partial charge >= 0.3 is 0 Å². The zero-order valence-corrected chi connectivity index (χ0v) is 13.0. The van der Waals surface area contributed by atoms with E-state index < -0.39 is 9.84 Å². The number of ether oxygens (including phenoxy) is 1. The first-order valence-electron chi connectivity index (χ1n) is 6.63. The van der Waals surface area contributed by atoms with Gasteiger partial charge in [0.15, 0.2) is 14.9 Å². The van der Waals surface area contributed by atoms with E-state index in [2.05, 4.69) is 9.97 Å². The molecule has 2 fully saturated rings. The highest BCUT2D eigenvalue weighted by Crippen LogP contribution is 2.32. The fourth-order valence-electron chi connectivity index (χ4n) is 2.94. The number of halogens is 1. The number of nitrogens with zero attached hydrogens (tertiary/aromatic N) is 3. The lowest BCUT2D eigenvalue weighted by atomic mass is 9.92. The Morgan fingerprint density at radius 1 is 1.38 bits per heavy atom. The molecule has 0 spiro atoms. The van der Waals surface area contributed by atoms with Gasteiger partial charge in [-0.05, 0) is 12.8 Å². The number of rotatable bonds is 2. The summed E-state index contributed by atoms with van der Waals surface area (Å²) in [6, 6.07) is -0.109. The fourth-order valence-corrected chi connectivity index (χ4v) is 4.11. The summed E-state index contributed by atoms with van der Waals surface area (Å²) in [5.74, 6) is 0.324. The van der Waals surface area contributed by atoms with E-state index in [1.54, 1.807) is 0 Å². The van der Waals surface area contributed by atoms with E-state index in [4.69, 9.17) is 16.3 Å². The number of aromatic nitrogens is 2. The van der Waals surface area contributed by atoms with Gasteiger partial charge in [0, 0.05) is 6.26 Å². The first-order chi connectivity index (χ1) is 9.86. The van der Waals surface area contributed by atoms with Gasteiger partial charge in [-0.25, -0.2) is 13.4 Å². The van der Waals surface area contributed by atoms with E-state index >= 15 is 0 Å². The molecule has 9 heteroatoms. The number of piperidine rings is 1.